The molecule has 3 rings (SSSR count). The smallest absolute Gasteiger partial charge is 0.120 e. The maximum Gasteiger partial charge on any atom is 0.120 e. The van der Waals surface area contributed by atoms with Gasteiger partial charge in [0.1, 0.15) is 5.75 Å². The molecular formula is C18H21NO. The predicted molar refractivity (Wildman–Crippen MR) is 82.0 cm³/mol. The summed E-state index contributed by atoms with van der Waals surface area (Å²) in [6.45, 7) is 4.21. The number of aryl methyl sites for hydroxylation is 2. The van der Waals surface area contributed by atoms with E-state index in [9.17, 15) is 0 Å². The quantitative estimate of drug-likeness (QED) is 0.912. The maximum absolute atomic E-state index is 6.45. The van der Waals surface area contributed by atoms with E-state index < -0.39 is 0 Å². The second-order valence-corrected chi connectivity index (χ2v) is 5.73. The highest BCUT2D eigenvalue weighted by atomic mass is 16.5. The normalized spacial score (nSPS) is 15.9. The van der Waals surface area contributed by atoms with Gasteiger partial charge in [-0.25, -0.2) is 0 Å². The first-order valence-electron chi connectivity index (χ1n) is 7.23. The van der Waals surface area contributed by atoms with Crippen LogP contribution in [0.15, 0.2) is 42.5 Å². The minimum atomic E-state index is -0.0994. The Balaban J connectivity index is 1.88. The molecule has 1 saturated carbocycles. The lowest BCUT2D eigenvalue weighted by atomic mass is 9.94. The van der Waals surface area contributed by atoms with Gasteiger partial charge in [-0.1, -0.05) is 35.9 Å². The van der Waals surface area contributed by atoms with Crippen LogP contribution in [-0.2, 0) is 0 Å². The van der Waals surface area contributed by atoms with Gasteiger partial charge in [0.25, 0.3) is 0 Å². The van der Waals surface area contributed by atoms with Crippen LogP contribution in [-0.4, -0.2) is 6.10 Å². The van der Waals surface area contributed by atoms with Gasteiger partial charge in [-0.2, -0.15) is 0 Å². The maximum atomic E-state index is 6.45. The molecule has 1 aliphatic rings. The van der Waals surface area contributed by atoms with Crippen LogP contribution in [0.25, 0.3) is 0 Å². The van der Waals surface area contributed by atoms with E-state index in [0.717, 1.165) is 11.3 Å². The van der Waals surface area contributed by atoms with Crippen molar-refractivity contribution in [1.29, 1.82) is 0 Å². The van der Waals surface area contributed by atoms with Gasteiger partial charge in [-0.3, -0.25) is 0 Å². The van der Waals surface area contributed by atoms with Crippen LogP contribution in [0.4, 0.5) is 0 Å². The van der Waals surface area contributed by atoms with E-state index in [1.165, 1.54) is 29.5 Å². The van der Waals surface area contributed by atoms with E-state index in [1.54, 1.807) is 0 Å². The predicted octanol–water partition coefficient (Wildman–Crippen LogP) is 3.89. The van der Waals surface area contributed by atoms with Crippen molar-refractivity contribution in [3.8, 4) is 5.75 Å². The first-order chi connectivity index (χ1) is 9.63. The molecule has 1 aliphatic carbocycles. The first-order valence-corrected chi connectivity index (χ1v) is 7.23. The minimum absolute atomic E-state index is 0.0994. The Labute approximate surface area is 120 Å². The van der Waals surface area contributed by atoms with Gasteiger partial charge in [0, 0.05) is 0 Å². The summed E-state index contributed by atoms with van der Waals surface area (Å²) in [4.78, 5) is 0. The zero-order chi connectivity index (χ0) is 14.1. The lowest BCUT2D eigenvalue weighted by Crippen LogP contribution is -2.13. The molecule has 2 aromatic rings. The molecule has 20 heavy (non-hydrogen) atoms. The van der Waals surface area contributed by atoms with Crippen LogP contribution < -0.4 is 10.5 Å². The monoisotopic (exact) mass is 267 g/mol. The summed E-state index contributed by atoms with van der Waals surface area (Å²) in [5.74, 6) is 0.936. The summed E-state index contributed by atoms with van der Waals surface area (Å²) in [7, 11) is 0. The summed E-state index contributed by atoms with van der Waals surface area (Å²) < 4.78 is 5.85. The molecule has 0 heterocycles. The number of hydrogen-bond acceptors (Lipinski definition) is 2. The number of rotatable bonds is 4. The molecule has 104 valence electrons. The molecule has 0 radical (unpaired) electrons. The molecule has 2 heteroatoms. The zero-order valence-corrected chi connectivity index (χ0v) is 12.1. The highest BCUT2D eigenvalue weighted by Gasteiger charge is 2.23. The fourth-order valence-corrected chi connectivity index (χ4v) is 2.43. The Morgan fingerprint density at radius 2 is 1.90 bits per heavy atom. The lowest BCUT2D eigenvalue weighted by Gasteiger charge is -2.17. The van der Waals surface area contributed by atoms with Crippen molar-refractivity contribution in [2.45, 2.75) is 38.8 Å². The summed E-state index contributed by atoms with van der Waals surface area (Å²) in [5, 5.41) is 0. The second-order valence-electron chi connectivity index (χ2n) is 5.73. The molecule has 1 unspecified atom stereocenters. The van der Waals surface area contributed by atoms with Crippen molar-refractivity contribution in [3.05, 3.63) is 64.7 Å². The Kier molecular flexibility index (Phi) is 3.49. The molecule has 0 bridgehead atoms. The summed E-state index contributed by atoms with van der Waals surface area (Å²) in [6, 6.07) is 14.5. The lowest BCUT2D eigenvalue weighted by molar-refractivity contribution is 0.303. The molecular weight excluding hydrogens is 246 g/mol. The van der Waals surface area contributed by atoms with E-state index in [2.05, 4.69) is 44.2 Å². The van der Waals surface area contributed by atoms with Gasteiger partial charge in [-0.05, 0) is 55.5 Å². The summed E-state index contributed by atoms with van der Waals surface area (Å²) >= 11 is 0. The van der Waals surface area contributed by atoms with Gasteiger partial charge >= 0.3 is 0 Å². The Morgan fingerprint density at radius 3 is 2.65 bits per heavy atom. The fraction of sp³-hybridized carbons (Fsp3) is 0.333. The highest BCUT2D eigenvalue weighted by molar-refractivity contribution is 5.41. The molecule has 1 atom stereocenters. The van der Waals surface area contributed by atoms with Gasteiger partial charge in [0.2, 0.25) is 0 Å². The summed E-state index contributed by atoms with van der Waals surface area (Å²) in [5.41, 5.74) is 11.2. The molecule has 2 aromatic carbocycles. The molecule has 0 amide bonds. The van der Waals surface area contributed by atoms with Gasteiger partial charge in [-0.15, -0.1) is 0 Å². The third-order valence-corrected chi connectivity index (χ3v) is 3.81. The molecule has 2 N–H and O–H groups in total. The zero-order valence-electron chi connectivity index (χ0n) is 12.1. The van der Waals surface area contributed by atoms with Crippen molar-refractivity contribution in [2.24, 2.45) is 5.73 Å². The topological polar surface area (TPSA) is 35.2 Å². The molecule has 0 aromatic heterocycles. The van der Waals surface area contributed by atoms with Crippen molar-refractivity contribution in [3.63, 3.8) is 0 Å². The van der Waals surface area contributed by atoms with Gasteiger partial charge in [0.05, 0.1) is 12.1 Å². The first kappa shape index (κ1) is 13.2. The highest BCUT2D eigenvalue weighted by Crippen LogP contribution is 2.30. The van der Waals surface area contributed by atoms with Crippen molar-refractivity contribution in [1.82, 2.24) is 0 Å². The third kappa shape index (κ3) is 2.86. The average Bonchev–Trinajstić information content (AvgIpc) is 3.25. The fourth-order valence-electron chi connectivity index (χ4n) is 2.43. The Bertz CT molecular complexity index is 617. The number of benzene rings is 2. The van der Waals surface area contributed by atoms with Crippen LogP contribution in [0.3, 0.4) is 0 Å². The largest absolute Gasteiger partial charge is 0.490 e. The standard InChI is InChI=1S/C18H21NO/c1-12-6-7-13(2)17(10-12)18(19)14-4-3-5-16(11-14)20-15-8-9-15/h3-7,10-11,15,18H,8-9,19H2,1-2H3. The number of nitrogens with two attached hydrogens (primary N) is 1. The third-order valence-electron chi connectivity index (χ3n) is 3.81. The SMILES string of the molecule is Cc1ccc(C)c(C(N)c2cccc(OC3CC3)c2)c1. The van der Waals surface area contributed by atoms with Crippen LogP contribution in [0.1, 0.15) is 41.1 Å². The second kappa shape index (κ2) is 5.29. The van der Waals surface area contributed by atoms with E-state index in [4.69, 9.17) is 10.5 Å². The molecule has 1 fully saturated rings. The Hall–Kier alpha value is -1.80. The van der Waals surface area contributed by atoms with Gasteiger partial charge in [0.15, 0.2) is 0 Å². The van der Waals surface area contributed by atoms with Crippen molar-refractivity contribution < 1.29 is 4.74 Å². The minimum Gasteiger partial charge on any atom is -0.490 e. The van der Waals surface area contributed by atoms with Crippen molar-refractivity contribution in [2.75, 3.05) is 0 Å². The van der Waals surface area contributed by atoms with E-state index in [1.807, 2.05) is 12.1 Å². The molecule has 0 spiro atoms. The van der Waals surface area contributed by atoms with E-state index >= 15 is 0 Å². The average molecular weight is 267 g/mol. The van der Waals surface area contributed by atoms with Crippen molar-refractivity contribution >= 4 is 0 Å². The van der Waals surface area contributed by atoms with Crippen LogP contribution in [0, 0.1) is 13.8 Å². The molecule has 0 aliphatic heterocycles. The van der Waals surface area contributed by atoms with E-state index in [0.29, 0.717) is 6.10 Å². The molecule has 2 nitrogen and oxygen atoms in total. The number of ether oxygens (including phenoxy) is 1. The van der Waals surface area contributed by atoms with Gasteiger partial charge < -0.3 is 10.5 Å². The molecule has 0 saturated heterocycles. The van der Waals surface area contributed by atoms with Crippen LogP contribution >= 0.6 is 0 Å². The number of hydrogen-bond donors (Lipinski definition) is 1. The summed E-state index contributed by atoms with van der Waals surface area (Å²) in [6.07, 6.45) is 2.77. The van der Waals surface area contributed by atoms with E-state index in [-0.39, 0.29) is 6.04 Å². The Morgan fingerprint density at radius 1 is 1.10 bits per heavy atom. The van der Waals surface area contributed by atoms with Crippen LogP contribution in [0.5, 0.6) is 5.75 Å². The van der Waals surface area contributed by atoms with Crippen LogP contribution in [0.2, 0.25) is 0 Å².